The Morgan fingerprint density at radius 3 is 3.06 bits per heavy atom. The molecule has 1 heterocycles. The second-order valence-corrected chi connectivity index (χ2v) is 5.67. The van der Waals surface area contributed by atoms with Crippen LogP contribution in [0.1, 0.15) is 38.9 Å². The van der Waals surface area contributed by atoms with Crippen molar-refractivity contribution in [3.63, 3.8) is 0 Å². The summed E-state index contributed by atoms with van der Waals surface area (Å²) in [6.45, 7) is 3.99. The maximum absolute atomic E-state index is 11.7. The van der Waals surface area contributed by atoms with Gasteiger partial charge in [-0.15, -0.1) is 5.10 Å². The molecule has 0 spiro atoms. The molecule has 0 radical (unpaired) electrons. The molecular weight excluding hydrogens is 236 g/mol. The van der Waals surface area contributed by atoms with Gasteiger partial charge in [-0.25, -0.2) is 4.98 Å². The van der Waals surface area contributed by atoms with E-state index in [0.29, 0.717) is 11.2 Å². The highest BCUT2D eigenvalue weighted by Gasteiger charge is 2.26. The molecule has 1 saturated carbocycles. The first-order valence-corrected chi connectivity index (χ1v) is 6.95. The highest BCUT2D eigenvalue weighted by atomic mass is 32.2. The van der Waals surface area contributed by atoms with Crippen LogP contribution < -0.4 is 5.32 Å². The molecule has 1 aliphatic carbocycles. The zero-order valence-corrected chi connectivity index (χ0v) is 11.0. The van der Waals surface area contributed by atoms with Gasteiger partial charge in [0.1, 0.15) is 5.82 Å². The SMILES string of the molecule is CCCc1nc(SC(C)C(=O)NC2CC2)n[nH]1. The maximum atomic E-state index is 11.7. The fourth-order valence-electron chi connectivity index (χ4n) is 1.44. The van der Waals surface area contributed by atoms with Crippen molar-refractivity contribution >= 4 is 17.7 Å². The molecule has 0 aromatic carbocycles. The lowest BCUT2D eigenvalue weighted by molar-refractivity contribution is -0.120. The fraction of sp³-hybridized carbons (Fsp3) is 0.727. The van der Waals surface area contributed by atoms with E-state index in [1.807, 2.05) is 6.92 Å². The summed E-state index contributed by atoms with van der Waals surface area (Å²) in [4.78, 5) is 16.1. The zero-order valence-electron chi connectivity index (χ0n) is 10.2. The Morgan fingerprint density at radius 1 is 1.65 bits per heavy atom. The molecule has 2 N–H and O–H groups in total. The summed E-state index contributed by atoms with van der Waals surface area (Å²) >= 11 is 1.40. The lowest BCUT2D eigenvalue weighted by Crippen LogP contribution is -2.32. The van der Waals surface area contributed by atoms with Gasteiger partial charge in [0, 0.05) is 12.5 Å². The van der Waals surface area contributed by atoms with Crippen molar-refractivity contribution in [1.82, 2.24) is 20.5 Å². The molecule has 1 aromatic rings. The van der Waals surface area contributed by atoms with Gasteiger partial charge in [0.05, 0.1) is 5.25 Å². The van der Waals surface area contributed by atoms with E-state index in [1.54, 1.807) is 0 Å². The minimum absolute atomic E-state index is 0.0827. The topological polar surface area (TPSA) is 70.7 Å². The van der Waals surface area contributed by atoms with E-state index in [4.69, 9.17) is 0 Å². The van der Waals surface area contributed by atoms with Gasteiger partial charge >= 0.3 is 0 Å². The van der Waals surface area contributed by atoms with E-state index in [0.717, 1.165) is 31.5 Å². The number of nitrogens with zero attached hydrogens (tertiary/aromatic N) is 2. The molecule has 1 unspecified atom stereocenters. The Morgan fingerprint density at radius 2 is 2.41 bits per heavy atom. The summed E-state index contributed by atoms with van der Waals surface area (Å²) in [6, 6.07) is 0.411. The standard InChI is InChI=1S/C11H18N4OS/c1-3-4-9-13-11(15-14-9)17-7(2)10(16)12-8-5-6-8/h7-8H,3-6H2,1-2H3,(H,12,16)(H,13,14,15). The highest BCUT2D eigenvalue weighted by molar-refractivity contribution is 8.00. The van der Waals surface area contributed by atoms with E-state index >= 15 is 0 Å². The van der Waals surface area contributed by atoms with Crippen LogP contribution in [0.5, 0.6) is 0 Å². The molecule has 0 bridgehead atoms. The van der Waals surface area contributed by atoms with Crippen LogP contribution in [0.25, 0.3) is 0 Å². The van der Waals surface area contributed by atoms with Crippen LogP contribution in [0.3, 0.4) is 0 Å². The van der Waals surface area contributed by atoms with Gasteiger partial charge < -0.3 is 5.32 Å². The summed E-state index contributed by atoms with van der Waals surface area (Å²) in [6.07, 6.45) is 4.17. The molecule has 0 aliphatic heterocycles. The maximum Gasteiger partial charge on any atom is 0.233 e. The number of rotatable bonds is 6. The summed E-state index contributed by atoms with van der Waals surface area (Å²) in [7, 11) is 0. The molecule has 1 aromatic heterocycles. The van der Waals surface area contributed by atoms with Crippen molar-refractivity contribution < 1.29 is 4.79 Å². The first-order chi connectivity index (χ1) is 8.19. The van der Waals surface area contributed by atoms with Crippen molar-refractivity contribution in [1.29, 1.82) is 0 Å². The molecule has 94 valence electrons. The van der Waals surface area contributed by atoms with Crippen LogP contribution in [0.4, 0.5) is 0 Å². The third-order valence-electron chi connectivity index (χ3n) is 2.57. The van der Waals surface area contributed by atoms with Crippen molar-refractivity contribution in [2.24, 2.45) is 0 Å². The number of hydrogen-bond donors (Lipinski definition) is 2. The van der Waals surface area contributed by atoms with Gasteiger partial charge in [0.25, 0.3) is 0 Å². The number of aryl methyl sites for hydroxylation is 1. The molecule has 2 rings (SSSR count). The normalized spacial score (nSPS) is 16.8. The lowest BCUT2D eigenvalue weighted by atomic mass is 10.3. The van der Waals surface area contributed by atoms with Gasteiger partial charge in [-0.1, -0.05) is 18.7 Å². The summed E-state index contributed by atoms with van der Waals surface area (Å²) < 4.78 is 0. The van der Waals surface area contributed by atoms with Crippen LogP contribution in [0.2, 0.25) is 0 Å². The van der Waals surface area contributed by atoms with Crippen LogP contribution in [0.15, 0.2) is 5.16 Å². The highest BCUT2D eigenvalue weighted by Crippen LogP contribution is 2.23. The molecule has 6 heteroatoms. The molecule has 1 fully saturated rings. The number of aromatic amines is 1. The van der Waals surface area contributed by atoms with E-state index in [1.165, 1.54) is 11.8 Å². The Labute approximate surface area is 105 Å². The van der Waals surface area contributed by atoms with E-state index in [2.05, 4.69) is 27.4 Å². The van der Waals surface area contributed by atoms with Crippen molar-refractivity contribution in [3.05, 3.63) is 5.82 Å². The number of carbonyl (C=O) groups excluding carboxylic acids is 1. The van der Waals surface area contributed by atoms with E-state index < -0.39 is 0 Å². The Kier molecular flexibility index (Phi) is 4.04. The molecule has 0 saturated heterocycles. The average Bonchev–Trinajstić information content (AvgIpc) is 3.00. The predicted molar refractivity (Wildman–Crippen MR) is 66.9 cm³/mol. The van der Waals surface area contributed by atoms with Gasteiger partial charge in [-0.05, 0) is 26.2 Å². The Bertz CT molecular complexity index is 389. The van der Waals surface area contributed by atoms with Gasteiger partial charge in [-0.3, -0.25) is 9.89 Å². The van der Waals surface area contributed by atoms with Gasteiger partial charge in [-0.2, -0.15) is 0 Å². The number of H-pyrrole nitrogens is 1. The first-order valence-electron chi connectivity index (χ1n) is 6.07. The molecule has 1 atom stereocenters. The van der Waals surface area contributed by atoms with Crippen molar-refractivity contribution in [2.75, 3.05) is 0 Å². The lowest BCUT2D eigenvalue weighted by Gasteiger charge is -2.08. The fourth-order valence-corrected chi connectivity index (χ4v) is 2.19. The second kappa shape index (κ2) is 5.53. The number of nitrogens with one attached hydrogen (secondary N) is 2. The Hall–Kier alpha value is -1.04. The number of aromatic nitrogens is 3. The third-order valence-corrected chi connectivity index (χ3v) is 3.53. The quantitative estimate of drug-likeness (QED) is 0.755. The molecule has 17 heavy (non-hydrogen) atoms. The summed E-state index contributed by atoms with van der Waals surface area (Å²) in [5.41, 5.74) is 0. The minimum atomic E-state index is -0.138. The first kappa shape index (κ1) is 12.4. The number of carbonyl (C=O) groups is 1. The van der Waals surface area contributed by atoms with E-state index in [-0.39, 0.29) is 11.2 Å². The van der Waals surface area contributed by atoms with Crippen LogP contribution in [0, 0.1) is 0 Å². The largest absolute Gasteiger partial charge is 0.352 e. The minimum Gasteiger partial charge on any atom is -0.352 e. The number of hydrogen-bond acceptors (Lipinski definition) is 4. The molecule has 5 nitrogen and oxygen atoms in total. The average molecular weight is 254 g/mol. The van der Waals surface area contributed by atoms with Crippen LogP contribution in [-0.2, 0) is 11.2 Å². The summed E-state index contributed by atoms with van der Waals surface area (Å²) in [5, 5.41) is 10.5. The van der Waals surface area contributed by atoms with Crippen molar-refractivity contribution in [3.8, 4) is 0 Å². The zero-order chi connectivity index (χ0) is 12.3. The molecule has 1 amide bonds. The Balaban J connectivity index is 1.83. The van der Waals surface area contributed by atoms with E-state index in [9.17, 15) is 4.79 Å². The smallest absolute Gasteiger partial charge is 0.233 e. The van der Waals surface area contributed by atoms with Gasteiger partial charge in [0.15, 0.2) is 0 Å². The molecular formula is C11H18N4OS. The number of thioether (sulfide) groups is 1. The molecule has 1 aliphatic rings. The van der Waals surface area contributed by atoms with Crippen LogP contribution in [-0.4, -0.2) is 32.4 Å². The monoisotopic (exact) mass is 254 g/mol. The van der Waals surface area contributed by atoms with Crippen LogP contribution >= 0.6 is 11.8 Å². The van der Waals surface area contributed by atoms with Gasteiger partial charge in [0.2, 0.25) is 11.1 Å². The number of amides is 1. The summed E-state index contributed by atoms with van der Waals surface area (Å²) in [5.74, 6) is 0.976. The second-order valence-electron chi connectivity index (χ2n) is 4.36. The predicted octanol–water partition coefficient (Wildman–Crippen LogP) is 1.52. The third kappa shape index (κ3) is 3.73. The van der Waals surface area contributed by atoms with Crippen molar-refractivity contribution in [2.45, 2.75) is 56.0 Å².